The van der Waals surface area contributed by atoms with E-state index in [9.17, 15) is 9.59 Å². The molecule has 2 saturated heterocycles. The van der Waals surface area contributed by atoms with Crippen LogP contribution in [-0.2, 0) is 18.9 Å². The topological polar surface area (TPSA) is 59.1 Å². The van der Waals surface area contributed by atoms with Gasteiger partial charge in [0.1, 0.15) is 5.54 Å². The fourth-order valence-electron chi connectivity index (χ4n) is 3.64. The highest BCUT2D eigenvalue weighted by atomic mass is 16.7. The maximum atomic E-state index is 13.1. The first kappa shape index (κ1) is 19.9. The lowest BCUT2D eigenvalue weighted by molar-refractivity contribution is -0.145. The maximum Gasteiger partial charge on any atom is 0.494 e. The fraction of sp³-hybridized carbons (Fsp3) is 0.600. The SMILES string of the molecule is CC(=O)N1CCN(c2cccc(B3OC(C)(C)C(C)(C)O3)c2)C(=O)C1(C)C. The van der Waals surface area contributed by atoms with Crippen molar-refractivity contribution in [3.63, 3.8) is 0 Å². The molecule has 1 aromatic rings. The number of carbonyl (C=O) groups is 2. The number of piperazine rings is 1. The van der Waals surface area contributed by atoms with Crippen molar-refractivity contribution in [1.29, 1.82) is 0 Å². The monoisotopic (exact) mass is 372 g/mol. The molecule has 0 unspecified atom stereocenters. The van der Waals surface area contributed by atoms with Gasteiger partial charge in [-0.05, 0) is 59.1 Å². The highest BCUT2D eigenvalue weighted by molar-refractivity contribution is 6.62. The Labute approximate surface area is 161 Å². The summed E-state index contributed by atoms with van der Waals surface area (Å²) in [5.74, 6) is -0.172. The molecular weight excluding hydrogens is 343 g/mol. The molecule has 0 radical (unpaired) electrons. The molecule has 1 aromatic carbocycles. The predicted molar refractivity (Wildman–Crippen MR) is 106 cm³/mol. The van der Waals surface area contributed by atoms with Crippen LogP contribution in [0.5, 0.6) is 0 Å². The van der Waals surface area contributed by atoms with Crippen molar-refractivity contribution in [2.45, 2.75) is 65.2 Å². The van der Waals surface area contributed by atoms with E-state index in [0.717, 1.165) is 11.2 Å². The van der Waals surface area contributed by atoms with Crippen LogP contribution >= 0.6 is 0 Å². The van der Waals surface area contributed by atoms with Gasteiger partial charge in [0.2, 0.25) is 5.91 Å². The van der Waals surface area contributed by atoms with Crippen LogP contribution in [0.25, 0.3) is 0 Å². The lowest BCUT2D eigenvalue weighted by Gasteiger charge is -2.45. The number of nitrogens with zero attached hydrogens (tertiary/aromatic N) is 2. The minimum Gasteiger partial charge on any atom is -0.399 e. The lowest BCUT2D eigenvalue weighted by atomic mass is 9.79. The second kappa shape index (κ2) is 6.35. The number of hydrogen-bond donors (Lipinski definition) is 0. The molecule has 2 amide bonds. The van der Waals surface area contributed by atoms with E-state index in [4.69, 9.17) is 9.31 Å². The van der Waals surface area contributed by atoms with Gasteiger partial charge in [0.15, 0.2) is 0 Å². The molecule has 0 N–H and O–H groups in total. The molecule has 0 saturated carbocycles. The summed E-state index contributed by atoms with van der Waals surface area (Å²) in [7, 11) is -0.475. The summed E-state index contributed by atoms with van der Waals surface area (Å²) in [6.45, 7) is 14.1. The van der Waals surface area contributed by atoms with Crippen molar-refractivity contribution >= 4 is 30.1 Å². The van der Waals surface area contributed by atoms with E-state index in [1.54, 1.807) is 23.6 Å². The average molecular weight is 372 g/mol. The first-order valence-electron chi connectivity index (χ1n) is 9.42. The summed E-state index contributed by atoms with van der Waals surface area (Å²) in [5.41, 5.74) is -0.0315. The van der Waals surface area contributed by atoms with Crippen LogP contribution in [-0.4, -0.2) is 53.7 Å². The summed E-state index contributed by atoms with van der Waals surface area (Å²) in [6, 6.07) is 7.71. The Bertz CT molecular complexity index is 759. The zero-order valence-electron chi connectivity index (χ0n) is 17.3. The Balaban J connectivity index is 1.87. The van der Waals surface area contributed by atoms with Crippen LogP contribution in [0.15, 0.2) is 24.3 Å². The largest absolute Gasteiger partial charge is 0.494 e. The Hall–Kier alpha value is -1.86. The first-order valence-corrected chi connectivity index (χ1v) is 9.42. The van der Waals surface area contributed by atoms with Crippen molar-refractivity contribution in [1.82, 2.24) is 4.90 Å². The quantitative estimate of drug-likeness (QED) is 0.745. The second-order valence-corrected chi connectivity index (χ2v) is 8.87. The molecule has 3 rings (SSSR count). The number of benzene rings is 1. The average Bonchev–Trinajstić information content (AvgIpc) is 2.77. The third-order valence-corrected chi connectivity index (χ3v) is 6.08. The van der Waals surface area contributed by atoms with Gasteiger partial charge in [-0.2, -0.15) is 0 Å². The fourth-order valence-corrected chi connectivity index (χ4v) is 3.64. The van der Waals surface area contributed by atoms with Crippen LogP contribution in [0.3, 0.4) is 0 Å². The smallest absolute Gasteiger partial charge is 0.399 e. The number of carbonyl (C=O) groups excluding carboxylic acids is 2. The van der Waals surface area contributed by atoms with Gasteiger partial charge in [0, 0.05) is 25.7 Å². The number of rotatable bonds is 2. The number of anilines is 1. The van der Waals surface area contributed by atoms with Gasteiger partial charge in [0.25, 0.3) is 5.91 Å². The third-order valence-electron chi connectivity index (χ3n) is 6.08. The minimum atomic E-state index is -0.871. The molecule has 0 bridgehead atoms. The molecule has 0 spiro atoms. The van der Waals surface area contributed by atoms with Gasteiger partial charge in [-0.15, -0.1) is 0 Å². The Morgan fingerprint density at radius 3 is 2.19 bits per heavy atom. The molecule has 7 heteroatoms. The van der Waals surface area contributed by atoms with Gasteiger partial charge in [-0.25, -0.2) is 0 Å². The van der Waals surface area contributed by atoms with Gasteiger partial charge in [-0.3, -0.25) is 9.59 Å². The van der Waals surface area contributed by atoms with Crippen LogP contribution < -0.4 is 10.4 Å². The summed E-state index contributed by atoms with van der Waals surface area (Å²) < 4.78 is 12.3. The van der Waals surface area contributed by atoms with Crippen molar-refractivity contribution in [2.75, 3.05) is 18.0 Å². The number of hydrogen-bond acceptors (Lipinski definition) is 4. The molecule has 2 heterocycles. The van der Waals surface area contributed by atoms with E-state index in [2.05, 4.69) is 0 Å². The molecular formula is C20H29BN2O4. The second-order valence-electron chi connectivity index (χ2n) is 8.87. The molecule has 2 fully saturated rings. The first-order chi connectivity index (χ1) is 12.4. The molecule has 2 aliphatic heterocycles. The molecule has 146 valence electrons. The molecule has 6 nitrogen and oxygen atoms in total. The third kappa shape index (κ3) is 3.27. The molecule has 2 aliphatic rings. The Morgan fingerprint density at radius 2 is 1.63 bits per heavy atom. The zero-order chi connectivity index (χ0) is 20.2. The summed E-state index contributed by atoms with van der Waals surface area (Å²) >= 11 is 0. The maximum absolute atomic E-state index is 13.1. The molecule has 0 aromatic heterocycles. The van der Waals surface area contributed by atoms with Crippen molar-refractivity contribution in [2.24, 2.45) is 0 Å². The molecule has 27 heavy (non-hydrogen) atoms. The highest BCUT2D eigenvalue weighted by Crippen LogP contribution is 2.36. The van der Waals surface area contributed by atoms with Gasteiger partial charge < -0.3 is 19.1 Å². The standard InChI is InChI=1S/C20H29BN2O4/c1-14(24)23-12-11-22(17(25)18(23,2)3)16-10-8-9-15(13-16)21-26-19(4,5)20(6,7)27-21/h8-10,13H,11-12H2,1-7H3. The molecule has 0 aliphatic carbocycles. The van der Waals surface area contributed by atoms with E-state index in [0.29, 0.717) is 13.1 Å². The van der Waals surface area contributed by atoms with E-state index in [1.165, 1.54) is 6.92 Å². The van der Waals surface area contributed by atoms with Crippen LogP contribution in [0.1, 0.15) is 48.5 Å². The zero-order valence-corrected chi connectivity index (χ0v) is 17.3. The van der Waals surface area contributed by atoms with Crippen molar-refractivity contribution < 1.29 is 18.9 Å². The van der Waals surface area contributed by atoms with Gasteiger partial charge >= 0.3 is 7.12 Å². The summed E-state index contributed by atoms with van der Waals surface area (Å²) in [5, 5.41) is 0. The van der Waals surface area contributed by atoms with Gasteiger partial charge in [0.05, 0.1) is 11.2 Å². The van der Waals surface area contributed by atoms with E-state index >= 15 is 0 Å². The number of amides is 2. The van der Waals surface area contributed by atoms with Crippen LogP contribution in [0.4, 0.5) is 5.69 Å². The lowest BCUT2D eigenvalue weighted by Crippen LogP contribution is -2.64. The van der Waals surface area contributed by atoms with E-state index in [-0.39, 0.29) is 11.8 Å². The molecule has 0 atom stereocenters. The van der Waals surface area contributed by atoms with E-state index in [1.807, 2.05) is 52.0 Å². The van der Waals surface area contributed by atoms with E-state index < -0.39 is 23.9 Å². The Kier molecular flexibility index (Phi) is 4.68. The highest BCUT2D eigenvalue weighted by Gasteiger charge is 2.52. The van der Waals surface area contributed by atoms with Crippen molar-refractivity contribution in [3.8, 4) is 0 Å². The van der Waals surface area contributed by atoms with Crippen LogP contribution in [0.2, 0.25) is 0 Å². The minimum absolute atomic E-state index is 0.0843. The predicted octanol–water partition coefficient (Wildman–Crippen LogP) is 1.96. The normalized spacial score (nSPS) is 23.7. The van der Waals surface area contributed by atoms with Gasteiger partial charge in [-0.1, -0.05) is 12.1 Å². The van der Waals surface area contributed by atoms with Crippen LogP contribution in [0, 0.1) is 0 Å². The summed E-state index contributed by atoms with van der Waals surface area (Å²) in [4.78, 5) is 28.3. The van der Waals surface area contributed by atoms with Crippen molar-refractivity contribution in [3.05, 3.63) is 24.3 Å². The Morgan fingerprint density at radius 1 is 1.04 bits per heavy atom. The summed E-state index contributed by atoms with van der Waals surface area (Å²) in [6.07, 6.45) is 0.